The summed E-state index contributed by atoms with van der Waals surface area (Å²) in [5.74, 6) is 2.58. The number of hydrogen-bond donors (Lipinski definition) is 1. The van der Waals surface area contributed by atoms with Crippen LogP contribution in [0.25, 0.3) is 0 Å². The van der Waals surface area contributed by atoms with Gasteiger partial charge in [-0.3, -0.25) is 4.79 Å². The average molecular weight is 343 g/mol. The van der Waals surface area contributed by atoms with Gasteiger partial charge in [0.1, 0.15) is 6.54 Å². The summed E-state index contributed by atoms with van der Waals surface area (Å²) in [5.41, 5.74) is 0. The molecule has 1 amide bonds. The minimum atomic E-state index is 0.0342. The molecule has 2 fully saturated rings. The van der Waals surface area contributed by atoms with Gasteiger partial charge < -0.3 is 19.9 Å². The van der Waals surface area contributed by atoms with Crippen molar-refractivity contribution in [2.45, 2.75) is 25.0 Å². The van der Waals surface area contributed by atoms with E-state index in [4.69, 9.17) is 4.74 Å². The van der Waals surface area contributed by atoms with Crippen LogP contribution in [0, 0.1) is 5.92 Å². The molecule has 2 saturated heterocycles. The van der Waals surface area contributed by atoms with Crippen LogP contribution >= 0.6 is 11.8 Å². The van der Waals surface area contributed by atoms with Gasteiger partial charge in [-0.05, 0) is 12.8 Å². The van der Waals surface area contributed by atoms with Crippen molar-refractivity contribution in [3.63, 3.8) is 0 Å². The Kier molecular flexibility index (Phi) is 7.49. The maximum absolute atomic E-state index is 11.9. The SMILES string of the molecule is CCC1CN(C(=NCC(=O)N(C)C)NCC2CCOC2)CCS1. The van der Waals surface area contributed by atoms with Crippen molar-refractivity contribution in [1.82, 2.24) is 15.1 Å². The fraction of sp³-hybridized carbons (Fsp3) is 0.875. The summed E-state index contributed by atoms with van der Waals surface area (Å²) in [4.78, 5) is 20.3. The maximum atomic E-state index is 11.9. The molecule has 0 aromatic carbocycles. The largest absolute Gasteiger partial charge is 0.381 e. The van der Waals surface area contributed by atoms with Crippen molar-refractivity contribution in [2.24, 2.45) is 10.9 Å². The smallest absolute Gasteiger partial charge is 0.243 e. The first kappa shape index (κ1) is 18.4. The molecule has 23 heavy (non-hydrogen) atoms. The molecule has 0 aromatic heterocycles. The molecule has 2 aliphatic rings. The predicted octanol–water partition coefficient (Wildman–Crippen LogP) is 0.884. The van der Waals surface area contributed by atoms with E-state index < -0.39 is 0 Å². The van der Waals surface area contributed by atoms with Crippen molar-refractivity contribution in [3.05, 3.63) is 0 Å². The van der Waals surface area contributed by atoms with Gasteiger partial charge in [0.2, 0.25) is 5.91 Å². The van der Waals surface area contributed by atoms with Gasteiger partial charge in [-0.25, -0.2) is 4.99 Å². The van der Waals surface area contributed by atoms with E-state index in [1.807, 2.05) is 11.8 Å². The number of thioether (sulfide) groups is 1. The molecule has 1 N–H and O–H groups in total. The molecule has 0 radical (unpaired) electrons. The van der Waals surface area contributed by atoms with Gasteiger partial charge in [-0.15, -0.1) is 0 Å². The van der Waals surface area contributed by atoms with Gasteiger partial charge in [-0.1, -0.05) is 6.92 Å². The Morgan fingerprint density at radius 1 is 1.48 bits per heavy atom. The van der Waals surface area contributed by atoms with Crippen molar-refractivity contribution < 1.29 is 9.53 Å². The van der Waals surface area contributed by atoms with Crippen LogP contribution in [0.4, 0.5) is 0 Å². The highest BCUT2D eigenvalue weighted by Gasteiger charge is 2.23. The van der Waals surface area contributed by atoms with Crippen molar-refractivity contribution in [2.75, 3.05) is 59.2 Å². The number of rotatable bonds is 5. The van der Waals surface area contributed by atoms with Crippen molar-refractivity contribution in [1.29, 1.82) is 0 Å². The normalized spacial score (nSPS) is 25.5. The molecule has 6 nitrogen and oxygen atoms in total. The van der Waals surface area contributed by atoms with E-state index in [9.17, 15) is 4.79 Å². The molecule has 2 rings (SSSR count). The Bertz CT molecular complexity index is 411. The van der Waals surface area contributed by atoms with Crippen LogP contribution in [0.15, 0.2) is 4.99 Å². The molecule has 2 atom stereocenters. The van der Waals surface area contributed by atoms with Crippen LogP contribution in [0.3, 0.4) is 0 Å². The Balaban J connectivity index is 1.97. The first-order valence-corrected chi connectivity index (χ1v) is 9.57. The Hall–Kier alpha value is -0.950. The Morgan fingerprint density at radius 2 is 2.30 bits per heavy atom. The van der Waals surface area contributed by atoms with Crippen LogP contribution in [0.2, 0.25) is 0 Å². The molecule has 0 saturated carbocycles. The molecule has 0 bridgehead atoms. The van der Waals surface area contributed by atoms with Gasteiger partial charge >= 0.3 is 0 Å². The quantitative estimate of drug-likeness (QED) is 0.594. The fourth-order valence-corrected chi connectivity index (χ4v) is 3.87. The lowest BCUT2D eigenvalue weighted by atomic mass is 10.1. The van der Waals surface area contributed by atoms with Crippen LogP contribution in [-0.2, 0) is 9.53 Å². The third-order valence-corrected chi connectivity index (χ3v) is 5.70. The van der Waals surface area contributed by atoms with Crippen LogP contribution < -0.4 is 5.32 Å². The monoisotopic (exact) mass is 342 g/mol. The zero-order chi connectivity index (χ0) is 16.7. The number of nitrogens with zero attached hydrogens (tertiary/aromatic N) is 3. The number of likely N-dealkylation sites (N-methyl/N-ethyl adjacent to an activating group) is 1. The van der Waals surface area contributed by atoms with Crippen LogP contribution in [0.1, 0.15) is 19.8 Å². The standard InChI is InChI=1S/C16H30N4O2S/c1-4-14-11-20(6-8-23-14)16(18-10-15(21)19(2)3)17-9-13-5-7-22-12-13/h13-14H,4-12H2,1-3H3,(H,17,18). The molecule has 0 spiro atoms. The molecular weight excluding hydrogens is 312 g/mol. The van der Waals surface area contributed by atoms with E-state index in [1.54, 1.807) is 19.0 Å². The summed E-state index contributed by atoms with van der Waals surface area (Å²) in [6, 6.07) is 0. The van der Waals surface area contributed by atoms with E-state index in [1.165, 1.54) is 6.42 Å². The van der Waals surface area contributed by atoms with Gasteiger partial charge in [0.15, 0.2) is 5.96 Å². The predicted molar refractivity (Wildman–Crippen MR) is 96.0 cm³/mol. The topological polar surface area (TPSA) is 57.2 Å². The van der Waals surface area contributed by atoms with Gasteiger partial charge in [0.05, 0.1) is 6.61 Å². The molecule has 0 aromatic rings. The van der Waals surface area contributed by atoms with Crippen molar-refractivity contribution >= 4 is 23.6 Å². The number of guanidine groups is 1. The zero-order valence-electron chi connectivity index (χ0n) is 14.6. The van der Waals surface area contributed by atoms with Crippen LogP contribution in [-0.4, -0.2) is 86.2 Å². The number of amides is 1. The number of carbonyl (C=O) groups is 1. The van der Waals surface area contributed by atoms with E-state index in [0.717, 1.165) is 51.0 Å². The molecule has 2 heterocycles. The highest BCUT2D eigenvalue weighted by molar-refractivity contribution is 8.00. The van der Waals surface area contributed by atoms with E-state index in [2.05, 4.69) is 22.1 Å². The first-order valence-electron chi connectivity index (χ1n) is 8.53. The fourth-order valence-electron chi connectivity index (χ4n) is 2.69. The maximum Gasteiger partial charge on any atom is 0.243 e. The van der Waals surface area contributed by atoms with Crippen LogP contribution in [0.5, 0.6) is 0 Å². The minimum absolute atomic E-state index is 0.0342. The highest BCUT2D eigenvalue weighted by Crippen LogP contribution is 2.21. The molecule has 132 valence electrons. The summed E-state index contributed by atoms with van der Waals surface area (Å²) in [6.45, 7) is 6.98. The van der Waals surface area contributed by atoms with Gasteiger partial charge in [0, 0.05) is 57.3 Å². The second-order valence-electron chi connectivity index (χ2n) is 6.39. The summed E-state index contributed by atoms with van der Waals surface area (Å²) in [6.07, 6.45) is 2.27. The lowest BCUT2D eigenvalue weighted by Gasteiger charge is -2.34. The first-order chi connectivity index (χ1) is 11.1. The average Bonchev–Trinajstić information content (AvgIpc) is 3.08. The summed E-state index contributed by atoms with van der Waals surface area (Å²) in [5, 5.41) is 4.13. The number of hydrogen-bond acceptors (Lipinski definition) is 4. The van der Waals surface area contributed by atoms with E-state index in [0.29, 0.717) is 11.2 Å². The van der Waals surface area contributed by atoms with Crippen molar-refractivity contribution in [3.8, 4) is 0 Å². The van der Waals surface area contributed by atoms with E-state index >= 15 is 0 Å². The van der Waals surface area contributed by atoms with Gasteiger partial charge in [0.25, 0.3) is 0 Å². The molecule has 2 unspecified atom stereocenters. The number of carbonyl (C=O) groups excluding carboxylic acids is 1. The summed E-state index contributed by atoms with van der Waals surface area (Å²) in [7, 11) is 3.54. The lowest BCUT2D eigenvalue weighted by Crippen LogP contribution is -2.49. The third-order valence-electron chi connectivity index (χ3n) is 4.33. The van der Waals surface area contributed by atoms with E-state index in [-0.39, 0.29) is 12.5 Å². The second-order valence-corrected chi connectivity index (χ2v) is 7.79. The number of ether oxygens (including phenoxy) is 1. The number of aliphatic imine (C=N–C) groups is 1. The van der Waals surface area contributed by atoms with Gasteiger partial charge in [-0.2, -0.15) is 11.8 Å². The highest BCUT2D eigenvalue weighted by atomic mass is 32.2. The minimum Gasteiger partial charge on any atom is -0.381 e. The Labute approximate surface area is 144 Å². The lowest BCUT2D eigenvalue weighted by molar-refractivity contribution is -0.127. The molecule has 7 heteroatoms. The number of nitrogens with one attached hydrogen (secondary N) is 1. The summed E-state index contributed by atoms with van der Waals surface area (Å²) < 4.78 is 5.44. The third kappa shape index (κ3) is 5.88. The molecular formula is C16H30N4O2S. The Morgan fingerprint density at radius 3 is 2.96 bits per heavy atom. The molecule has 0 aliphatic carbocycles. The molecule has 2 aliphatic heterocycles. The summed E-state index contributed by atoms with van der Waals surface area (Å²) >= 11 is 2.04. The zero-order valence-corrected chi connectivity index (χ0v) is 15.4. The second kappa shape index (κ2) is 9.37.